The van der Waals surface area contributed by atoms with Gasteiger partial charge in [0.15, 0.2) is 5.15 Å². The molecule has 31 heavy (non-hydrogen) atoms. The molecule has 3 N–H and O–H groups in total. The molecule has 0 fully saturated rings. The predicted octanol–water partition coefficient (Wildman–Crippen LogP) is 4.02. The highest BCUT2D eigenvalue weighted by atomic mass is 35.5. The Labute approximate surface area is 183 Å². The normalized spacial score (nSPS) is 11.9. The monoisotopic (exact) mass is 450 g/mol. The smallest absolute Gasteiger partial charge is 0.411 e. The van der Waals surface area contributed by atoms with Crippen LogP contribution >= 0.6 is 11.6 Å². The third-order valence-electron chi connectivity index (χ3n) is 3.82. The number of nitrogens with zero attached hydrogens (tertiary/aromatic N) is 2. The second-order valence-electron chi connectivity index (χ2n) is 7.46. The maximum absolute atomic E-state index is 12.2. The average molecular weight is 451 g/mol. The molecule has 0 saturated carbocycles. The summed E-state index contributed by atoms with van der Waals surface area (Å²) >= 11 is 6.19. The van der Waals surface area contributed by atoms with Gasteiger partial charge in [0, 0.05) is 11.3 Å². The zero-order valence-electron chi connectivity index (χ0n) is 17.4. The van der Waals surface area contributed by atoms with Crippen molar-refractivity contribution < 1.29 is 29.0 Å². The first-order chi connectivity index (χ1) is 14.5. The Morgan fingerprint density at radius 3 is 2.32 bits per heavy atom. The topological polar surface area (TPSA) is 140 Å². The van der Waals surface area contributed by atoms with Gasteiger partial charge in [0.25, 0.3) is 0 Å². The van der Waals surface area contributed by atoms with E-state index >= 15 is 0 Å². The van der Waals surface area contributed by atoms with E-state index in [0.29, 0.717) is 16.8 Å². The maximum atomic E-state index is 12.2. The van der Waals surface area contributed by atoms with Crippen molar-refractivity contribution >= 4 is 35.4 Å². The number of methoxy groups -OCH3 is 1. The number of carbonyl (C=O) groups excluding carboxylic acids is 2. The number of halogens is 1. The molecule has 1 atom stereocenters. The minimum absolute atomic E-state index is 0.0868. The second-order valence-corrected chi connectivity index (χ2v) is 7.82. The van der Waals surface area contributed by atoms with E-state index in [1.54, 1.807) is 51.1 Å². The van der Waals surface area contributed by atoms with Gasteiger partial charge in [-0.05, 0) is 44.5 Å². The molecule has 0 aliphatic rings. The summed E-state index contributed by atoms with van der Waals surface area (Å²) in [5.41, 5.74) is 1.06. The molecule has 0 aliphatic carbocycles. The van der Waals surface area contributed by atoms with Crippen LogP contribution in [0.1, 0.15) is 38.9 Å². The lowest BCUT2D eigenvalue weighted by Gasteiger charge is -2.23. The van der Waals surface area contributed by atoms with Crippen molar-refractivity contribution in [3.63, 3.8) is 0 Å². The Bertz CT molecular complexity index is 959. The highest BCUT2D eigenvalue weighted by molar-refractivity contribution is 6.32. The van der Waals surface area contributed by atoms with Crippen LogP contribution in [0.15, 0.2) is 30.3 Å². The van der Waals surface area contributed by atoms with Crippen molar-refractivity contribution in [2.24, 2.45) is 0 Å². The summed E-state index contributed by atoms with van der Waals surface area (Å²) < 4.78 is 9.74. The van der Waals surface area contributed by atoms with Gasteiger partial charge < -0.3 is 19.9 Å². The van der Waals surface area contributed by atoms with Gasteiger partial charge in [-0.15, -0.1) is 5.10 Å². The van der Waals surface area contributed by atoms with Crippen LogP contribution in [0.4, 0.5) is 15.3 Å². The number of anilines is 1. The van der Waals surface area contributed by atoms with E-state index in [4.69, 9.17) is 16.3 Å². The largest absolute Gasteiger partial charge is 0.481 e. The molecule has 1 heterocycles. The molecule has 11 heteroatoms. The van der Waals surface area contributed by atoms with Crippen LogP contribution in [0.5, 0.6) is 0 Å². The summed E-state index contributed by atoms with van der Waals surface area (Å²) in [6, 6.07) is 7.20. The molecule has 0 unspecified atom stereocenters. The van der Waals surface area contributed by atoms with Crippen molar-refractivity contribution in [3.05, 3.63) is 41.2 Å². The van der Waals surface area contributed by atoms with Crippen molar-refractivity contribution in [2.75, 3.05) is 12.4 Å². The molecule has 0 spiro atoms. The summed E-state index contributed by atoms with van der Waals surface area (Å²) in [7, 11) is 1.26. The van der Waals surface area contributed by atoms with Gasteiger partial charge in [0.2, 0.25) is 0 Å². The van der Waals surface area contributed by atoms with Crippen molar-refractivity contribution in [3.8, 4) is 11.1 Å². The molecule has 1 aromatic heterocycles. The lowest BCUT2D eigenvalue weighted by molar-refractivity contribution is -0.137. The molecule has 166 valence electrons. The zero-order chi connectivity index (χ0) is 23.2. The molecular formula is C20H23ClN4O6. The number of hydrogen-bond donors (Lipinski definition) is 3. The first-order valence-electron chi connectivity index (χ1n) is 9.18. The van der Waals surface area contributed by atoms with Crippen LogP contribution in [0, 0.1) is 0 Å². The Hall–Kier alpha value is -3.40. The summed E-state index contributed by atoms with van der Waals surface area (Å²) in [6.07, 6.45) is -1.82. The highest BCUT2D eigenvalue weighted by Crippen LogP contribution is 2.29. The number of nitrogens with one attached hydrogen (secondary N) is 2. The van der Waals surface area contributed by atoms with Crippen LogP contribution < -0.4 is 10.6 Å². The maximum Gasteiger partial charge on any atom is 0.411 e. The average Bonchev–Trinajstić information content (AvgIpc) is 2.66. The lowest BCUT2D eigenvalue weighted by atomic mass is 10.0. The molecule has 0 bridgehead atoms. The lowest BCUT2D eigenvalue weighted by Crippen LogP contribution is -2.36. The quantitative estimate of drug-likeness (QED) is 0.599. The predicted molar refractivity (Wildman–Crippen MR) is 113 cm³/mol. The van der Waals surface area contributed by atoms with Crippen LogP contribution in [-0.2, 0) is 14.3 Å². The Balaban J connectivity index is 2.32. The number of carbonyl (C=O) groups is 3. The number of aliphatic carboxylic acids is 1. The van der Waals surface area contributed by atoms with E-state index in [9.17, 15) is 19.5 Å². The molecule has 1 aromatic carbocycles. The summed E-state index contributed by atoms with van der Waals surface area (Å²) in [4.78, 5) is 34.8. The second kappa shape index (κ2) is 10.1. The Morgan fingerprint density at radius 1 is 1.13 bits per heavy atom. The molecule has 10 nitrogen and oxygen atoms in total. The van der Waals surface area contributed by atoms with Crippen LogP contribution in [0.3, 0.4) is 0 Å². The van der Waals surface area contributed by atoms with Gasteiger partial charge in [0.05, 0.1) is 25.3 Å². The van der Waals surface area contributed by atoms with Crippen molar-refractivity contribution in [1.29, 1.82) is 0 Å². The van der Waals surface area contributed by atoms with Gasteiger partial charge in [-0.3, -0.25) is 10.1 Å². The van der Waals surface area contributed by atoms with Crippen molar-refractivity contribution in [2.45, 2.75) is 38.8 Å². The molecule has 0 saturated heterocycles. The Kier molecular flexibility index (Phi) is 7.76. The Morgan fingerprint density at radius 2 is 1.77 bits per heavy atom. The van der Waals surface area contributed by atoms with Gasteiger partial charge in [0.1, 0.15) is 5.60 Å². The van der Waals surface area contributed by atoms with E-state index < -0.39 is 36.2 Å². The van der Waals surface area contributed by atoms with E-state index in [1.165, 1.54) is 7.11 Å². The van der Waals surface area contributed by atoms with Crippen LogP contribution in [-0.4, -0.2) is 46.2 Å². The number of aromatic nitrogens is 2. The number of rotatable bonds is 6. The highest BCUT2D eigenvalue weighted by Gasteiger charge is 2.24. The van der Waals surface area contributed by atoms with E-state index in [0.717, 1.165) is 0 Å². The standard InChI is InChI=1S/C20H23ClN4O6/c1-20(2,3)31-19(29)23-14(10-16(26)27)15-9-13(17(21)25-24-15)11-5-7-12(8-6-11)22-18(28)30-4/h5-9,14H,10H2,1-4H3,(H,22,28)(H,23,29)(H,26,27)/t14-/m0/s1. The zero-order valence-corrected chi connectivity index (χ0v) is 18.2. The SMILES string of the molecule is COC(=O)Nc1ccc(-c2cc([C@H](CC(=O)O)NC(=O)OC(C)(C)C)nnc2Cl)cc1. The number of benzene rings is 1. The van der Waals surface area contributed by atoms with Gasteiger partial charge in [-0.2, -0.15) is 5.10 Å². The first kappa shape index (κ1) is 23.9. The minimum Gasteiger partial charge on any atom is -0.481 e. The summed E-state index contributed by atoms with van der Waals surface area (Å²) in [5.74, 6) is -1.14. The molecule has 2 amide bonds. The third kappa shape index (κ3) is 7.41. The number of amides is 2. The fraction of sp³-hybridized carbons (Fsp3) is 0.350. The third-order valence-corrected chi connectivity index (χ3v) is 4.10. The van der Waals surface area contributed by atoms with E-state index in [1.807, 2.05) is 0 Å². The number of carboxylic acids is 1. The number of alkyl carbamates (subject to hydrolysis) is 1. The fourth-order valence-corrected chi connectivity index (χ4v) is 2.72. The van der Waals surface area contributed by atoms with Gasteiger partial charge in [-0.25, -0.2) is 9.59 Å². The van der Waals surface area contributed by atoms with Crippen LogP contribution in [0.25, 0.3) is 11.1 Å². The van der Waals surface area contributed by atoms with Gasteiger partial charge in [-0.1, -0.05) is 23.7 Å². The minimum atomic E-state index is -1.14. The molecular weight excluding hydrogens is 428 g/mol. The molecule has 2 rings (SSSR count). The van der Waals surface area contributed by atoms with E-state index in [2.05, 4.69) is 25.6 Å². The summed E-state index contributed by atoms with van der Waals surface area (Å²) in [5, 5.41) is 22.2. The number of hydrogen-bond acceptors (Lipinski definition) is 7. The van der Waals surface area contributed by atoms with Crippen LogP contribution in [0.2, 0.25) is 5.15 Å². The van der Waals surface area contributed by atoms with E-state index in [-0.39, 0.29) is 10.8 Å². The fourth-order valence-electron chi connectivity index (χ4n) is 2.52. The molecule has 2 aromatic rings. The number of ether oxygens (including phenoxy) is 2. The van der Waals surface area contributed by atoms with Crippen molar-refractivity contribution in [1.82, 2.24) is 15.5 Å². The van der Waals surface area contributed by atoms with Gasteiger partial charge >= 0.3 is 18.2 Å². The number of carboxylic acid groups (broad SMARTS) is 1. The summed E-state index contributed by atoms with van der Waals surface area (Å²) in [6.45, 7) is 5.08. The molecule has 0 aliphatic heterocycles. The molecule has 0 radical (unpaired) electrons. The first-order valence-corrected chi connectivity index (χ1v) is 9.56.